The number of aromatic hydroxyl groups is 1. The van der Waals surface area contributed by atoms with Crippen LogP contribution in [0.5, 0.6) is 5.88 Å². The van der Waals surface area contributed by atoms with Crippen LogP contribution in [0.25, 0.3) is 28.2 Å². The van der Waals surface area contributed by atoms with Crippen molar-refractivity contribution in [2.45, 2.75) is 6.42 Å². The molecule has 0 bridgehead atoms. The van der Waals surface area contributed by atoms with Gasteiger partial charge < -0.3 is 9.52 Å². The summed E-state index contributed by atoms with van der Waals surface area (Å²) in [7, 11) is 0. The smallest absolute Gasteiger partial charge is 0.219 e. The predicted octanol–water partition coefficient (Wildman–Crippen LogP) is 5.09. The fourth-order valence-corrected chi connectivity index (χ4v) is 3.33. The van der Waals surface area contributed by atoms with E-state index < -0.39 is 0 Å². The van der Waals surface area contributed by atoms with Crippen LogP contribution in [-0.2, 0) is 6.42 Å². The Morgan fingerprint density at radius 2 is 1.69 bits per heavy atom. The molecule has 5 aromatic rings. The Hall–Kier alpha value is -3.93. The van der Waals surface area contributed by atoms with E-state index in [2.05, 4.69) is 4.98 Å². The minimum absolute atomic E-state index is 0.0272. The molecule has 6 heteroatoms. The van der Waals surface area contributed by atoms with Crippen LogP contribution < -0.4 is 0 Å². The molecule has 142 valence electrons. The highest BCUT2D eigenvalue weighted by molar-refractivity contribution is 5.77. The van der Waals surface area contributed by atoms with Crippen LogP contribution in [0.4, 0.5) is 4.39 Å². The van der Waals surface area contributed by atoms with Crippen molar-refractivity contribution in [2.24, 2.45) is 0 Å². The first-order valence-electron chi connectivity index (χ1n) is 9.14. The standard InChI is InChI=1S/C23H16FN3O2/c24-17-10-8-16(9-11-17)21-22-26-19(13-18-7-4-12-29-18)23(28)27(22)14-20(25-21)15-5-2-1-3-6-15/h1-12,14,28H,13H2. The minimum Gasteiger partial charge on any atom is -0.493 e. The van der Waals surface area contributed by atoms with Crippen molar-refractivity contribution >= 4 is 5.65 Å². The second-order valence-corrected chi connectivity index (χ2v) is 6.68. The van der Waals surface area contributed by atoms with Crippen LogP contribution in [0.2, 0.25) is 0 Å². The molecular formula is C23H16FN3O2. The van der Waals surface area contributed by atoms with Crippen LogP contribution in [0.3, 0.4) is 0 Å². The second-order valence-electron chi connectivity index (χ2n) is 6.68. The van der Waals surface area contributed by atoms with Crippen LogP contribution >= 0.6 is 0 Å². The maximum absolute atomic E-state index is 13.4. The van der Waals surface area contributed by atoms with Gasteiger partial charge in [0.1, 0.15) is 23.0 Å². The normalized spacial score (nSPS) is 11.2. The number of hydrogen-bond acceptors (Lipinski definition) is 4. The highest BCUT2D eigenvalue weighted by Gasteiger charge is 2.19. The largest absolute Gasteiger partial charge is 0.493 e. The van der Waals surface area contributed by atoms with E-state index in [1.165, 1.54) is 12.1 Å². The van der Waals surface area contributed by atoms with Crippen molar-refractivity contribution in [3.63, 3.8) is 0 Å². The summed E-state index contributed by atoms with van der Waals surface area (Å²) < 4.78 is 20.5. The average molecular weight is 385 g/mol. The molecule has 5 rings (SSSR count). The van der Waals surface area contributed by atoms with Gasteiger partial charge in [0.15, 0.2) is 5.65 Å². The zero-order chi connectivity index (χ0) is 19.8. The van der Waals surface area contributed by atoms with E-state index in [1.807, 2.05) is 36.4 Å². The maximum Gasteiger partial charge on any atom is 0.219 e. The van der Waals surface area contributed by atoms with Crippen LogP contribution in [0.15, 0.2) is 83.6 Å². The van der Waals surface area contributed by atoms with E-state index in [0.717, 1.165) is 5.56 Å². The fourth-order valence-electron chi connectivity index (χ4n) is 3.33. The molecule has 1 N–H and O–H groups in total. The third kappa shape index (κ3) is 3.14. The van der Waals surface area contributed by atoms with Gasteiger partial charge in [0.2, 0.25) is 5.88 Å². The zero-order valence-electron chi connectivity index (χ0n) is 15.3. The molecule has 2 aromatic carbocycles. The number of nitrogens with zero attached hydrogens (tertiary/aromatic N) is 3. The Morgan fingerprint density at radius 3 is 2.41 bits per heavy atom. The van der Waals surface area contributed by atoms with E-state index in [9.17, 15) is 9.50 Å². The molecular weight excluding hydrogens is 369 g/mol. The molecule has 0 atom stereocenters. The number of rotatable bonds is 4. The van der Waals surface area contributed by atoms with E-state index >= 15 is 0 Å². The Morgan fingerprint density at radius 1 is 0.897 bits per heavy atom. The Bertz CT molecular complexity index is 1280. The summed E-state index contributed by atoms with van der Waals surface area (Å²) in [5.74, 6) is 0.399. The van der Waals surface area contributed by atoms with Gasteiger partial charge in [-0.2, -0.15) is 0 Å². The molecule has 3 aromatic heterocycles. The summed E-state index contributed by atoms with van der Waals surface area (Å²) in [6.07, 6.45) is 3.69. The van der Waals surface area contributed by atoms with E-state index in [-0.39, 0.29) is 11.7 Å². The Balaban J connectivity index is 1.74. The summed E-state index contributed by atoms with van der Waals surface area (Å²) >= 11 is 0. The van der Waals surface area contributed by atoms with Crippen molar-refractivity contribution in [3.05, 3.63) is 96.5 Å². The molecule has 0 aliphatic heterocycles. The highest BCUT2D eigenvalue weighted by atomic mass is 19.1. The average Bonchev–Trinajstić information content (AvgIpc) is 3.37. The van der Waals surface area contributed by atoms with Crippen LogP contribution in [0.1, 0.15) is 11.5 Å². The quantitative estimate of drug-likeness (QED) is 0.468. The molecule has 5 nitrogen and oxygen atoms in total. The van der Waals surface area contributed by atoms with Crippen molar-refractivity contribution in [3.8, 4) is 28.4 Å². The molecule has 0 saturated heterocycles. The molecule has 3 heterocycles. The number of furan rings is 1. The molecule has 0 saturated carbocycles. The summed E-state index contributed by atoms with van der Waals surface area (Å²) in [6, 6.07) is 19.4. The summed E-state index contributed by atoms with van der Waals surface area (Å²) in [6.45, 7) is 0. The van der Waals surface area contributed by atoms with Gasteiger partial charge in [0, 0.05) is 17.3 Å². The lowest BCUT2D eigenvalue weighted by Gasteiger charge is -2.08. The Labute approximate surface area is 165 Å². The number of fused-ring (bicyclic) bond motifs is 1. The minimum atomic E-state index is -0.325. The lowest BCUT2D eigenvalue weighted by atomic mass is 10.1. The Kier molecular flexibility index (Phi) is 4.09. The van der Waals surface area contributed by atoms with E-state index in [1.54, 1.807) is 35.1 Å². The van der Waals surface area contributed by atoms with Crippen LogP contribution in [0, 0.1) is 5.82 Å². The zero-order valence-corrected chi connectivity index (χ0v) is 15.3. The summed E-state index contributed by atoms with van der Waals surface area (Å²) in [5, 5.41) is 10.8. The van der Waals surface area contributed by atoms with Gasteiger partial charge in [-0.3, -0.25) is 4.40 Å². The monoisotopic (exact) mass is 385 g/mol. The number of benzene rings is 2. The summed E-state index contributed by atoms with van der Waals surface area (Å²) in [4.78, 5) is 9.40. The van der Waals surface area contributed by atoms with Gasteiger partial charge in [-0.1, -0.05) is 30.3 Å². The topological polar surface area (TPSA) is 63.6 Å². The molecule has 0 aliphatic rings. The number of imidazole rings is 1. The van der Waals surface area contributed by atoms with Crippen molar-refractivity contribution in [1.29, 1.82) is 0 Å². The van der Waals surface area contributed by atoms with Crippen molar-refractivity contribution in [2.75, 3.05) is 0 Å². The highest BCUT2D eigenvalue weighted by Crippen LogP contribution is 2.31. The lowest BCUT2D eigenvalue weighted by Crippen LogP contribution is -1.96. The molecule has 0 aliphatic carbocycles. The first-order valence-corrected chi connectivity index (χ1v) is 9.14. The third-order valence-corrected chi connectivity index (χ3v) is 4.76. The number of hydrogen-bond donors (Lipinski definition) is 1. The number of halogens is 1. The molecule has 0 radical (unpaired) electrons. The van der Waals surface area contributed by atoms with Gasteiger partial charge in [-0.05, 0) is 36.4 Å². The molecule has 29 heavy (non-hydrogen) atoms. The third-order valence-electron chi connectivity index (χ3n) is 4.76. The molecule has 0 fully saturated rings. The lowest BCUT2D eigenvalue weighted by molar-refractivity contribution is 0.438. The first kappa shape index (κ1) is 17.2. The fraction of sp³-hybridized carbons (Fsp3) is 0.0435. The van der Waals surface area contributed by atoms with Crippen molar-refractivity contribution in [1.82, 2.24) is 14.4 Å². The first-order chi connectivity index (χ1) is 14.2. The van der Waals surface area contributed by atoms with E-state index in [4.69, 9.17) is 9.40 Å². The molecule has 0 unspecified atom stereocenters. The SMILES string of the molecule is Oc1c(Cc2ccco2)nc2c(-c3ccc(F)cc3)nc(-c3ccccc3)cn12. The second kappa shape index (κ2) is 6.91. The van der Waals surface area contributed by atoms with E-state index in [0.29, 0.717) is 40.5 Å². The van der Waals surface area contributed by atoms with Gasteiger partial charge >= 0.3 is 0 Å². The predicted molar refractivity (Wildman–Crippen MR) is 107 cm³/mol. The summed E-state index contributed by atoms with van der Waals surface area (Å²) in [5.41, 5.74) is 3.83. The van der Waals surface area contributed by atoms with Crippen molar-refractivity contribution < 1.29 is 13.9 Å². The van der Waals surface area contributed by atoms with Gasteiger partial charge in [0.25, 0.3) is 0 Å². The van der Waals surface area contributed by atoms with Gasteiger partial charge in [0.05, 0.1) is 18.4 Å². The van der Waals surface area contributed by atoms with Crippen LogP contribution in [-0.4, -0.2) is 19.5 Å². The number of aromatic nitrogens is 3. The molecule has 0 amide bonds. The van der Waals surface area contributed by atoms with Gasteiger partial charge in [-0.15, -0.1) is 0 Å². The molecule has 0 spiro atoms. The van der Waals surface area contributed by atoms with Gasteiger partial charge in [-0.25, -0.2) is 14.4 Å². The maximum atomic E-state index is 13.4.